The SMILES string of the molecule is C[N+]1(CCCO)CCCCC1Cl.[Cl-]. The van der Waals surface area contributed by atoms with E-state index in [0.717, 1.165) is 23.9 Å². The summed E-state index contributed by atoms with van der Waals surface area (Å²) in [5, 5.41) is 8.74. The molecule has 0 spiro atoms. The number of halogens is 2. The number of rotatable bonds is 3. The highest BCUT2D eigenvalue weighted by Crippen LogP contribution is 2.26. The number of quaternary nitrogens is 1. The molecule has 2 unspecified atom stereocenters. The predicted octanol–water partition coefficient (Wildman–Crippen LogP) is -1.43. The number of piperidine rings is 1. The lowest BCUT2D eigenvalue weighted by Gasteiger charge is -2.41. The molecular formula is C9H19Cl2NO. The van der Waals surface area contributed by atoms with Crippen LogP contribution >= 0.6 is 11.6 Å². The van der Waals surface area contributed by atoms with E-state index in [1.165, 1.54) is 19.4 Å². The standard InChI is InChI=1S/C9H19ClNO.ClH/c1-11(7-4-8-12)6-3-2-5-9(11)10;/h9,12H,2-8H2,1H3;1H/q+1;/p-1. The van der Waals surface area contributed by atoms with Gasteiger partial charge in [-0.1, -0.05) is 11.6 Å². The summed E-state index contributed by atoms with van der Waals surface area (Å²) in [6.07, 6.45) is 4.55. The largest absolute Gasteiger partial charge is 1.00 e. The van der Waals surface area contributed by atoms with Gasteiger partial charge in [0.1, 0.15) is 0 Å². The molecule has 1 aliphatic heterocycles. The molecule has 13 heavy (non-hydrogen) atoms. The Labute approximate surface area is 91.9 Å². The van der Waals surface area contributed by atoms with Gasteiger partial charge in [-0.25, -0.2) is 0 Å². The van der Waals surface area contributed by atoms with Gasteiger partial charge in [0, 0.05) is 19.4 Å². The molecule has 2 nitrogen and oxygen atoms in total. The molecule has 1 heterocycles. The first-order valence-electron chi connectivity index (χ1n) is 4.78. The van der Waals surface area contributed by atoms with Gasteiger partial charge in [0.15, 0.2) is 5.50 Å². The Balaban J connectivity index is 0.00000144. The van der Waals surface area contributed by atoms with Crippen LogP contribution in [0.25, 0.3) is 0 Å². The van der Waals surface area contributed by atoms with E-state index < -0.39 is 0 Å². The van der Waals surface area contributed by atoms with Crippen molar-refractivity contribution in [3.05, 3.63) is 0 Å². The number of aliphatic hydroxyl groups is 1. The molecule has 0 saturated carbocycles. The minimum absolute atomic E-state index is 0. The van der Waals surface area contributed by atoms with Crippen molar-refractivity contribution in [2.75, 3.05) is 26.7 Å². The van der Waals surface area contributed by atoms with Gasteiger partial charge in [0.05, 0.1) is 20.1 Å². The van der Waals surface area contributed by atoms with Crippen molar-refractivity contribution in [3.8, 4) is 0 Å². The molecule has 0 aromatic carbocycles. The molecule has 1 aliphatic rings. The lowest BCUT2D eigenvalue weighted by atomic mass is 10.1. The van der Waals surface area contributed by atoms with Gasteiger partial charge in [-0.2, -0.15) is 0 Å². The van der Waals surface area contributed by atoms with Gasteiger partial charge in [0.25, 0.3) is 0 Å². The predicted molar refractivity (Wildman–Crippen MR) is 51.1 cm³/mol. The zero-order valence-corrected chi connectivity index (χ0v) is 9.69. The van der Waals surface area contributed by atoms with Crippen LogP contribution in [0.4, 0.5) is 0 Å². The quantitative estimate of drug-likeness (QED) is 0.357. The molecule has 0 aromatic heterocycles. The smallest absolute Gasteiger partial charge is 0.164 e. The summed E-state index contributed by atoms with van der Waals surface area (Å²) in [6, 6.07) is 0. The number of hydrogen-bond donors (Lipinski definition) is 1. The maximum absolute atomic E-state index is 8.74. The maximum atomic E-state index is 8.74. The molecule has 1 rings (SSSR count). The van der Waals surface area contributed by atoms with Gasteiger partial charge in [0.2, 0.25) is 0 Å². The number of likely N-dealkylation sites (tertiary alicyclic amines) is 1. The minimum Gasteiger partial charge on any atom is -1.00 e. The van der Waals surface area contributed by atoms with Gasteiger partial charge < -0.3 is 22.0 Å². The number of alkyl halides is 1. The summed E-state index contributed by atoms with van der Waals surface area (Å²) < 4.78 is 0.947. The Morgan fingerprint density at radius 2 is 2.15 bits per heavy atom. The summed E-state index contributed by atoms with van der Waals surface area (Å²) in [7, 11) is 2.20. The molecule has 1 fully saturated rings. The van der Waals surface area contributed by atoms with E-state index in [4.69, 9.17) is 16.7 Å². The van der Waals surface area contributed by atoms with Crippen LogP contribution in [-0.2, 0) is 0 Å². The van der Waals surface area contributed by atoms with E-state index in [-0.39, 0.29) is 24.5 Å². The number of hydrogen-bond acceptors (Lipinski definition) is 1. The minimum atomic E-state index is 0. The van der Waals surface area contributed by atoms with Crippen molar-refractivity contribution in [3.63, 3.8) is 0 Å². The molecule has 0 aliphatic carbocycles. The van der Waals surface area contributed by atoms with Crippen LogP contribution in [0.15, 0.2) is 0 Å². The first kappa shape index (κ1) is 13.5. The Kier molecular flexibility index (Phi) is 6.31. The van der Waals surface area contributed by atoms with Crippen LogP contribution in [0.1, 0.15) is 25.7 Å². The van der Waals surface area contributed by atoms with E-state index >= 15 is 0 Å². The van der Waals surface area contributed by atoms with Crippen molar-refractivity contribution < 1.29 is 22.0 Å². The van der Waals surface area contributed by atoms with Crippen LogP contribution in [0.5, 0.6) is 0 Å². The summed E-state index contributed by atoms with van der Waals surface area (Å²) in [6.45, 7) is 2.48. The third-order valence-electron chi connectivity index (χ3n) is 2.86. The molecule has 80 valence electrons. The molecule has 0 bridgehead atoms. The van der Waals surface area contributed by atoms with Gasteiger partial charge in [-0.05, 0) is 12.8 Å². The fourth-order valence-electron chi connectivity index (χ4n) is 1.92. The highest BCUT2D eigenvalue weighted by Gasteiger charge is 2.32. The molecule has 1 N–H and O–H groups in total. The fraction of sp³-hybridized carbons (Fsp3) is 1.00. The lowest BCUT2D eigenvalue weighted by molar-refractivity contribution is -0.925. The lowest BCUT2D eigenvalue weighted by Crippen LogP contribution is -3.00. The summed E-state index contributed by atoms with van der Waals surface area (Å²) in [4.78, 5) is 0. The topological polar surface area (TPSA) is 20.2 Å². The first-order valence-corrected chi connectivity index (χ1v) is 5.22. The normalized spacial score (nSPS) is 33.9. The average Bonchev–Trinajstić information content (AvgIpc) is 2.07. The molecule has 2 atom stereocenters. The summed E-state index contributed by atoms with van der Waals surface area (Å²) in [5.41, 5.74) is 0.269. The molecule has 4 heteroatoms. The molecule has 0 aromatic rings. The number of nitrogens with zero attached hydrogens (tertiary/aromatic N) is 1. The zero-order chi connectivity index (χ0) is 9.03. The monoisotopic (exact) mass is 227 g/mol. The average molecular weight is 228 g/mol. The second kappa shape index (κ2) is 6.07. The zero-order valence-electron chi connectivity index (χ0n) is 8.18. The maximum Gasteiger partial charge on any atom is 0.164 e. The second-order valence-electron chi connectivity index (χ2n) is 3.93. The van der Waals surface area contributed by atoms with Gasteiger partial charge >= 0.3 is 0 Å². The van der Waals surface area contributed by atoms with Crippen LogP contribution in [-0.4, -0.2) is 41.8 Å². The van der Waals surface area contributed by atoms with Gasteiger partial charge in [-0.15, -0.1) is 0 Å². The second-order valence-corrected chi connectivity index (χ2v) is 4.44. The first-order chi connectivity index (χ1) is 5.69. The van der Waals surface area contributed by atoms with E-state index in [9.17, 15) is 0 Å². The molecule has 0 amide bonds. The van der Waals surface area contributed by atoms with Crippen molar-refractivity contribution >= 4 is 11.6 Å². The van der Waals surface area contributed by atoms with E-state index in [2.05, 4.69) is 7.05 Å². The molecule has 0 radical (unpaired) electrons. The molecular weight excluding hydrogens is 209 g/mol. The van der Waals surface area contributed by atoms with Crippen LogP contribution < -0.4 is 12.4 Å². The fourth-order valence-corrected chi connectivity index (χ4v) is 2.27. The highest BCUT2D eigenvalue weighted by molar-refractivity contribution is 6.19. The highest BCUT2D eigenvalue weighted by atomic mass is 35.5. The van der Waals surface area contributed by atoms with Crippen LogP contribution in [0.2, 0.25) is 0 Å². The third-order valence-corrected chi connectivity index (χ3v) is 3.55. The van der Waals surface area contributed by atoms with Crippen molar-refractivity contribution in [1.29, 1.82) is 0 Å². The number of aliphatic hydroxyl groups excluding tert-OH is 1. The van der Waals surface area contributed by atoms with E-state index in [1.807, 2.05) is 0 Å². The van der Waals surface area contributed by atoms with E-state index in [0.29, 0.717) is 0 Å². The van der Waals surface area contributed by atoms with Crippen LogP contribution in [0, 0.1) is 0 Å². The van der Waals surface area contributed by atoms with Crippen molar-refractivity contribution in [2.45, 2.75) is 31.2 Å². The Morgan fingerprint density at radius 1 is 1.46 bits per heavy atom. The third kappa shape index (κ3) is 3.62. The molecule has 1 saturated heterocycles. The van der Waals surface area contributed by atoms with Crippen LogP contribution in [0.3, 0.4) is 0 Å². The Morgan fingerprint density at radius 3 is 2.69 bits per heavy atom. The Hall–Kier alpha value is 0.500. The Bertz CT molecular complexity index is 146. The summed E-state index contributed by atoms with van der Waals surface area (Å²) >= 11 is 6.25. The van der Waals surface area contributed by atoms with Crippen molar-refractivity contribution in [1.82, 2.24) is 0 Å². The van der Waals surface area contributed by atoms with Gasteiger partial charge in [-0.3, -0.25) is 0 Å². The van der Waals surface area contributed by atoms with Crippen molar-refractivity contribution in [2.24, 2.45) is 0 Å². The summed E-state index contributed by atoms with van der Waals surface area (Å²) in [5.74, 6) is 0. The van der Waals surface area contributed by atoms with E-state index in [1.54, 1.807) is 0 Å².